The lowest BCUT2D eigenvalue weighted by Crippen LogP contribution is -2.10. The van der Waals surface area contributed by atoms with E-state index in [1.165, 1.54) is 0 Å². The summed E-state index contributed by atoms with van der Waals surface area (Å²) in [6.07, 6.45) is 0. The SMILES string of the molecule is COc1cccc(OC)c1OCCOc1cccc(O)c1. The first-order valence-corrected chi connectivity index (χ1v) is 6.50. The van der Waals surface area contributed by atoms with Crippen molar-refractivity contribution < 1.29 is 24.1 Å². The first kappa shape index (κ1) is 14.8. The summed E-state index contributed by atoms with van der Waals surface area (Å²) in [5, 5.41) is 9.34. The van der Waals surface area contributed by atoms with Crippen LogP contribution >= 0.6 is 0 Å². The normalized spacial score (nSPS) is 10.0. The number of para-hydroxylation sites is 1. The van der Waals surface area contributed by atoms with Gasteiger partial charge in [-0.15, -0.1) is 0 Å². The predicted molar refractivity (Wildman–Crippen MR) is 78.6 cm³/mol. The number of methoxy groups -OCH3 is 2. The van der Waals surface area contributed by atoms with Crippen molar-refractivity contribution in [3.63, 3.8) is 0 Å². The predicted octanol–water partition coefficient (Wildman–Crippen LogP) is 2.87. The molecule has 0 aliphatic rings. The minimum Gasteiger partial charge on any atom is -0.508 e. The number of aromatic hydroxyl groups is 1. The zero-order chi connectivity index (χ0) is 15.1. The molecular weight excluding hydrogens is 272 g/mol. The van der Waals surface area contributed by atoms with E-state index in [0.717, 1.165) is 0 Å². The van der Waals surface area contributed by atoms with Crippen molar-refractivity contribution in [3.05, 3.63) is 42.5 Å². The second kappa shape index (κ2) is 7.28. The molecule has 0 atom stereocenters. The Labute approximate surface area is 123 Å². The zero-order valence-electron chi connectivity index (χ0n) is 12.0. The molecule has 0 heterocycles. The molecule has 0 aromatic heterocycles. The molecule has 5 heteroatoms. The third kappa shape index (κ3) is 3.95. The Bertz CT molecular complexity index is 560. The Morgan fingerprint density at radius 2 is 1.48 bits per heavy atom. The monoisotopic (exact) mass is 290 g/mol. The van der Waals surface area contributed by atoms with Crippen LogP contribution in [-0.4, -0.2) is 32.5 Å². The Hall–Kier alpha value is -2.56. The first-order valence-electron chi connectivity index (χ1n) is 6.50. The minimum atomic E-state index is 0.166. The smallest absolute Gasteiger partial charge is 0.203 e. The van der Waals surface area contributed by atoms with Crippen LogP contribution < -0.4 is 18.9 Å². The van der Waals surface area contributed by atoms with Gasteiger partial charge in [0, 0.05) is 6.07 Å². The third-order valence-electron chi connectivity index (χ3n) is 2.80. The fourth-order valence-electron chi connectivity index (χ4n) is 1.84. The van der Waals surface area contributed by atoms with Crippen LogP contribution in [-0.2, 0) is 0 Å². The summed E-state index contributed by atoms with van der Waals surface area (Å²) in [5.41, 5.74) is 0. The van der Waals surface area contributed by atoms with Gasteiger partial charge in [0.15, 0.2) is 11.5 Å². The van der Waals surface area contributed by atoms with E-state index in [9.17, 15) is 5.11 Å². The van der Waals surface area contributed by atoms with E-state index >= 15 is 0 Å². The summed E-state index contributed by atoms with van der Waals surface area (Å²) in [4.78, 5) is 0. The van der Waals surface area contributed by atoms with Crippen molar-refractivity contribution in [1.82, 2.24) is 0 Å². The van der Waals surface area contributed by atoms with Crippen LogP contribution in [0, 0.1) is 0 Å². The summed E-state index contributed by atoms with van der Waals surface area (Å²) in [5.74, 6) is 2.51. The van der Waals surface area contributed by atoms with Crippen LogP contribution in [0.3, 0.4) is 0 Å². The second-order valence-corrected chi connectivity index (χ2v) is 4.19. The lowest BCUT2D eigenvalue weighted by atomic mass is 10.3. The van der Waals surface area contributed by atoms with Crippen LogP contribution in [0.1, 0.15) is 0 Å². The Balaban J connectivity index is 1.91. The lowest BCUT2D eigenvalue weighted by molar-refractivity contribution is 0.204. The zero-order valence-corrected chi connectivity index (χ0v) is 12.0. The minimum absolute atomic E-state index is 0.166. The van der Waals surface area contributed by atoms with Gasteiger partial charge in [0.05, 0.1) is 14.2 Å². The van der Waals surface area contributed by atoms with E-state index in [1.807, 2.05) is 6.07 Å². The summed E-state index contributed by atoms with van der Waals surface area (Å²) in [6, 6.07) is 12.0. The van der Waals surface area contributed by atoms with Gasteiger partial charge in [-0.2, -0.15) is 0 Å². The van der Waals surface area contributed by atoms with Crippen molar-refractivity contribution in [2.24, 2.45) is 0 Å². The van der Waals surface area contributed by atoms with Gasteiger partial charge in [-0.3, -0.25) is 0 Å². The van der Waals surface area contributed by atoms with Crippen molar-refractivity contribution >= 4 is 0 Å². The molecule has 0 spiro atoms. The van der Waals surface area contributed by atoms with Crippen LogP contribution in [0.25, 0.3) is 0 Å². The van der Waals surface area contributed by atoms with E-state index in [4.69, 9.17) is 18.9 Å². The van der Waals surface area contributed by atoms with Crippen molar-refractivity contribution in [1.29, 1.82) is 0 Å². The first-order chi connectivity index (χ1) is 10.2. The average Bonchev–Trinajstić information content (AvgIpc) is 2.51. The summed E-state index contributed by atoms with van der Waals surface area (Å²) >= 11 is 0. The van der Waals surface area contributed by atoms with Crippen LogP contribution in [0.2, 0.25) is 0 Å². The van der Waals surface area contributed by atoms with Gasteiger partial charge in [0.2, 0.25) is 5.75 Å². The molecule has 2 aromatic rings. The summed E-state index contributed by atoms with van der Waals surface area (Å²) < 4.78 is 21.6. The maximum Gasteiger partial charge on any atom is 0.203 e. The number of hydrogen-bond donors (Lipinski definition) is 1. The molecule has 21 heavy (non-hydrogen) atoms. The number of rotatable bonds is 7. The average molecular weight is 290 g/mol. The molecule has 0 saturated heterocycles. The molecule has 2 rings (SSSR count). The second-order valence-electron chi connectivity index (χ2n) is 4.19. The van der Waals surface area contributed by atoms with E-state index in [0.29, 0.717) is 36.2 Å². The van der Waals surface area contributed by atoms with E-state index in [1.54, 1.807) is 50.6 Å². The molecule has 0 aliphatic heterocycles. The fraction of sp³-hybridized carbons (Fsp3) is 0.250. The number of hydrogen-bond acceptors (Lipinski definition) is 5. The highest BCUT2D eigenvalue weighted by Crippen LogP contribution is 2.36. The highest BCUT2D eigenvalue weighted by Gasteiger charge is 2.10. The van der Waals surface area contributed by atoms with Gasteiger partial charge < -0.3 is 24.1 Å². The van der Waals surface area contributed by atoms with Gasteiger partial charge in [0.25, 0.3) is 0 Å². The maximum absolute atomic E-state index is 9.34. The number of benzene rings is 2. The quantitative estimate of drug-likeness (QED) is 0.795. The summed E-state index contributed by atoms with van der Waals surface area (Å²) in [6.45, 7) is 0.664. The van der Waals surface area contributed by atoms with Gasteiger partial charge in [-0.1, -0.05) is 12.1 Å². The van der Waals surface area contributed by atoms with E-state index in [2.05, 4.69) is 0 Å². The largest absolute Gasteiger partial charge is 0.508 e. The van der Waals surface area contributed by atoms with Crippen LogP contribution in [0.4, 0.5) is 0 Å². The molecule has 0 fully saturated rings. The molecule has 0 radical (unpaired) electrons. The fourth-order valence-corrected chi connectivity index (χ4v) is 1.84. The topological polar surface area (TPSA) is 57.2 Å². The molecule has 0 saturated carbocycles. The maximum atomic E-state index is 9.34. The highest BCUT2D eigenvalue weighted by atomic mass is 16.6. The van der Waals surface area contributed by atoms with Crippen molar-refractivity contribution in [3.8, 4) is 28.7 Å². The molecule has 1 N–H and O–H groups in total. The Kier molecular flexibility index (Phi) is 5.15. The van der Waals surface area contributed by atoms with Crippen LogP contribution in [0.5, 0.6) is 28.7 Å². The number of phenols is 1. The Morgan fingerprint density at radius 1 is 0.857 bits per heavy atom. The third-order valence-corrected chi connectivity index (χ3v) is 2.80. The molecule has 0 aliphatic carbocycles. The number of phenolic OH excluding ortho intramolecular Hbond substituents is 1. The molecule has 112 valence electrons. The van der Waals surface area contributed by atoms with Gasteiger partial charge in [-0.25, -0.2) is 0 Å². The van der Waals surface area contributed by atoms with Gasteiger partial charge in [0.1, 0.15) is 24.7 Å². The molecule has 0 amide bonds. The van der Waals surface area contributed by atoms with Crippen LogP contribution in [0.15, 0.2) is 42.5 Å². The highest BCUT2D eigenvalue weighted by molar-refractivity contribution is 5.51. The number of ether oxygens (including phenoxy) is 4. The standard InChI is InChI=1S/C16H18O5/c1-18-14-7-4-8-15(19-2)16(14)21-10-9-20-13-6-3-5-12(17)11-13/h3-8,11,17H,9-10H2,1-2H3. The van der Waals surface area contributed by atoms with Gasteiger partial charge in [-0.05, 0) is 24.3 Å². The molecule has 5 nitrogen and oxygen atoms in total. The van der Waals surface area contributed by atoms with Crippen molar-refractivity contribution in [2.45, 2.75) is 0 Å². The van der Waals surface area contributed by atoms with Gasteiger partial charge >= 0.3 is 0 Å². The van der Waals surface area contributed by atoms with Crippen molar-refractivity contribution in [2.75, 3.05) is 27.4 Å². The molecule has 2 aromatic carbocycles. The molecule has 0 bridgehead atoms. The summed E-state index contributed by atoms with van der Waals surface area (Å²) in [7, 11) is 3.15. The molecular formula is C16H18O5. The van der Waals surface area contributed by atoms with E-state index < -0.39 is 0 Å². The Morgan fingerprint density at radius 3 is 2.10 bits per heavy atom. The lowest BCUT2D eigenvalue weighted by Gasteiger charge is -2.14. The molecule has 0 unspecified atom stereocenters. The van der Waals surface area contributed by atoms with E-state index in [-0.39, 0.29) is 5.75 Å².